The normalized spacial score (nSPS) is 29.7. The molecule has 0 aromatic heterocycles. The van der Waals surface area contributed by atoms with Crippen molar-refractivity contribution in [2.24, 2.45) is 17.6 Å². The average molecular weight is 514 g/mol. The van der Waals surface area contributed by atoms with Gasteiger partial charge in [0, 0.05) is 40.8 Å². The number of phenolic OH excluding ortho intramolecular Hbond substituents is 1. The second-order valence-corrected chi connectivity index (χ2v) is 10.8. The van der Waals surface area contributed by atoms with Gasteiger partial charge < -0.3 is 31.5 Å². The molecule has 0 bridgehead atoms. The lowest BCUT2D eigenvalue weighted by molar-refractivity contribution is -0.143. The van der Waals surface area contributed by atoms with Crippen LogP contribution in [0, 0.1) is 17.7 Å². The topological polar surface area (TPSA) is 156 Å². The Kier molecular flexibility index (Phi) is 5.97. The Morgan fingerprint density at radius 2 is 1.97 bits per heavy atom. The smallest absolute Gasteiger partial charge is 0.252 e. The Labute approximate surface area is 213 Å². The first-order chi connectivity index (χ1) is 17.4. The van der Waals surface area contributed by atoms with E-state index >= 15 is 4.39 Å². The highest BCUT2D eigenvalue weighted by molar-refractivity contribution is 6.13. The Morgan fingerprint density at radius 3 is 2.54 bits per heavy atom. The summed E-state index contributed by atoms with van der Waals surface area (Å²) >= 11 is 0. The highest BCUT2D eigenvalue weighted by Crippen LogP contribution is 2.54. The lowest BCUT2D eigenvalue weighted by Crippen LogP contribution is -2.63. The highest BCUT2D eigenvalue weighted by atomic mass is 19.1. The standard InChI is InChI=1S/C27H32FN3O6/c1-11-18(26(29)36)24(34)22(31(2)3)16-8-12-7-15-20(23(33)19(12)25(35)27(11,16)37)17(32)9-13(21(15)28)10-30-14-5-4-6-14/h9,12,14,16,22,30,32-34,37H,1,4-8,10H2,2-3H3,(H2,29,36)/t12-,16-,22-,27-/m0/s1. The number of aromatic hydroxyl groups is 1. The third kappa shape index (κ3) is 3.53. The van der Waals surface area contributed by atoms with Gasteiger partial charge in [0.15, 0.2) is 11.4 Å². The summed E-state index contributed by atoms with van der Waals surface area (Å²) in [6.45, 7) is 3.96. The number of rotatable bonds is 5. The van der Waals surface area contributed by atoms with Crippen molar-refractivity contribution in [3.8, 4) is 5.75 Å². The minimum absolute atomic E-state index is 0.00346. The van der Waals surface area contributed by atoms with E-state index in [2.05, 4.69) is 11.9 Å². The fourth-order valence-corrected chi connectivity index (χ4v) is 6.51. The number of aliphatic hydroxyl groups is 3. The molecule has 1 aromatic carbocycles. The first kappa shape index (κ1) is 25.4. The monoisotopic (exact) mass is 513 g/mol. The zero-order valence-electron chi connectivity index (χ0n) is 20.8. The molecule has 7 N–H and O–H groups in total. The van der Waals surface area contributed by atoms with E-state index in [0.717, 1.165) is 19.3 Å². The van der Waals surface area contributed by atoms with Crippen LogP contribution in [0.1, 0.15) is 42.4 Å². The SMILES string of the molecule is C=C1C(C(N)=O)=C(O)[C@@H](N(C)C)[C@@H]2C[C@@H]3Cc4c(F)c(CNC5CCC5)cc(O)c4C(O)=C3C(=O)[C@]12O. The Hall–Kier alpha value is -3.21. The highest BCUT2D eigenvalue weighted by Gasteiger charge is 2.62. The number of nitrogens with zero attached hydrogens (tertiary/aromatic N) is 1. The molecule has 198 valence electrons. The molecule has 1 amide bonds. The van der Waals surface area contributed by atoms with Crippen LogP contribution < -0.4 is 11.1 Å². The lowest BCUT2D eigenvalue weighted by Gasteiger charge is -2.52. The van der Waals surface area contributed by atoms with Gasteiger partial charge in [-0.25, -0.2) is 4.39 Å². The number of fused-ring (bicyclic) bond motifs is 3. The third-order valence-corrected chi connectivity index (χ3v) is 8.60. The molecular formula is C27H32FN3O6. The van der Waals surface area contributed by atoms with Crippen LogP contribution in [0.4, 0.5) is 4.39 Å². The van der Waals surface area contributed by atoms with E-state index in [0.29, 0.717) is 6.04 Å². The molecule has 0 heterocycles. The maximum Gasteiger partial charge on any atom is 0.252 e. The Balaban J connectivity index is 1.62. The number of Topliss-reactive ketones (excluding diaryl/α,β-unsaturated/α-hetero) is 1. The van der Waals surface area contributed by atoms with Gasteiger partial charge in [0.05, 0.1) is 17.2 Å². The van der Waals surface area contributed by atoms with Crippen LogP contribution in [0.5, 0.6) is 5.75 Å². The van der Waals surface area contributed by atoms with Gasteiger partial charge in [0.25, 0.3) is 5.91 Å². The fraction of sp³-hybridized carbons (Fsp3) is 0.481. The number of primary amides is 1. The summed E-state index contributed by atoms with van der Waals surface area (Å²) in [5.74, 6) is -5.54. The predicted molar refractivity (Wildman–Crippen MR) is 133 cm³/mol. The summed E-state index contributed by atoms with van der Waals surface area (Å²) < 4.78 is 15.7. The maximum atomic E-state index is 15.7. The van der Waals surface area contributed by atoms with Crippen LogP contribution in [0.15, 0.2) is 35.1 Å². The van der Waals surface area contributed by atoms with Crippen LogP contribution in [-0.4, -0.2) is 68.8 Å². The molecule has 1 aromatic rings. The van der Waals surface area contributed by atoms with Gasteiger partial charge in [-0.05, 0) is 51.8 Å². The molecule has 37 heavy (non-hydrogen) atoms. The number of nitrogens with one attached hydrogen (secondary N) is 1. The number of amides is 1. The Morgan fingerprint density at radius 1 is 1.30 bits per heavy atom. The van der Waals surface area contributed by atoms with Crippen LogP contribution in [-0.2, 0) is 22.6 Å². The summed E-state index contributed by atoms with van der Waals surface area (Å²) in [5, 5.41) is 47.9. The lowest BCUT2D eigenvalue weighted by atomic mass is 9.56. The number of ketones is 1. The molecule has 2 fully saturated rings. The van der Waals surface area contributed by atoms with Crippen molar-refractivity contribution in [3.63, 3.8) is 0 Å². The van der Waals surface area contributed by atoms with Crippen molar-refractivity contribution in [3.05, 3.63) is 57.6 Å². The molecule has 0 saturated heterocycles. The van der Waals surface area contributed by atoms with Gasteiger partial charge in [-0.3, -0.25) is 14.5 Å². The van der Waals surface area contributed by atoms with Gasteiger partial charge in [-0.1, -0.05) is 13.0 Å². The van der Waals surface area contributed by atoms with E-state index in [1.807, 2.05) is 0 Å². The molecule has 10 heteroatoms. The molecular weight excluding hydrogens is 481 g/mol. The number of likely N-dealkylation sites (N-methyl/N-ethyl adjacent to an activating group) is 1. The van der Waals surface area contributed by atoms with Crippen molar-refractivity contribution < 1.29 is 34.4 Å². The van der Waals surface area contributed by atoms with Crippen molar-refractivity contribution in [2.75, 3.05) is 14.1 Å². The summed E-state index contributed by atoms with van der Waals surface area (Å²) in [5.41, 5.74) is 2.37. The second kappa shape index (κ2) is 8.68. The molecule has 0 aliphatic heterocycles. The van der Waals surface area contributed by atoms with Gasteiger partial charge in [-0.15, -0.1) is 0 Å². The quantitative estimate of drug-likeness (QED) is 0.348. The zero-order chi connectivity index (χ0) is 27.0. The molecule has 2 saturated carbocycles. The van der Waals surface area contributed by atoms with Crippen LogP contribution >= 0.6 is 0 Å². The summed E-state index contributed by atoms with van der Waals surface area (Å²) in [6.07, 6.45) is 3.22. The van der Waals surface area contributed by atoms with Crippen molar-refractivity contribution in [2.45, 2.75) is 56.3 Å². The molecule has 0 spiro atoms. The number of benzene rings is 1. The van der Waals surface area contributed by atoms with E-state index in [1.165, 1.54) is 6.07 Å². The largest absolute Gasteiger partial charge is 0.510 e. The number of nitrogens with two attached hydrogens (primary N) is 1. The van der Waals surface area contributed by atoms with Crippen LogP contribution in [0.3, 0.4) is 0 Å². The number of carbonyl (C=O) groups is 2. The second-order valence-electron chi connectivity index (χ2n) is 10.8. The van der Waals surface area contributed by atoms with E-state index in [4.69, 9.17) is 5.73 Å². The predicted octanol–water partition coefficient (Wildman–Crippen LogP) is 1.73. The molecule has 4 atom stereocenters. The number of phenols is 1. The summed E-state index contributed by atoms with van der Waals surface area (Å²) in [4.78, 5) is 27.6. The number of halogens is 1. The van der Waals surface area contributed by atoms with Crippen LogP contribution in [0.25, 0.3) is 5.76 Å². The molecule has 0 unspecified atom stereocenters. The Bertz CT molecular complexity index is 1300. The first-order valence-electron chi connectivity index (χ1n) is 12.5. The van der Waals surface area contributed by atoms with Crippen molar-refractivity contribution in [1.82, 2.24) is 10.2 Å². The zero-order valence-corrected chi connectivity index (χ0v) is 20.8. The molecule has 5 rings (SSSR count). The van der Waals surface area contributed by atoms with Gasteiger partial charge in [0.1, 0.15) is 23.1 Å². The number of carbonyl (C=O) groups excluding carboxylic acids is 2. The van der Waals surface area contributed by atoms with Gasteiger partial charge in [0.2, 0.25) is 0 Å². The van der Waals surface area contributed by atoms with Crippen molar-refractivity contribution >= 4 is 17.4 Å². The minimum atomic E-state index is -2.34. The summed E-state index contributed by atoms with van der Waals surface area (Å²) in [6, 6.07) is 0.595. The third-order valence-electron chi connectivity index (χ3n) is 8.60. The van der Waals surface area contributed by atoms with E-state index in [-0.39, 0.29) is 53.0 Å². The van der Waals surface area contributed by atoms with Gasteiger partial charge >= 0.3 is 0 Å². The molecule has 4 aliphatic rings. The van der Waals surface area contributed by atoms with E-state index < -0.39 is 58.1 Å². The molecule has 9 nitrogen and oxygen atoms in total. The molecule has 4 aliphatic carbocycles. The van der Waals surface area contributed by atoms with E-state index in [9.17, 15) is 30.0 Å². The molecule has 0 radical (unpaired) electrons. The summed E-state index contributed by atoms with van der Waals surface area (Å²) in [7, 11) is 3.24. The maximum absolute atomic E-state index is 15.7. The van der Waals surface area contributed by atoms with Crippen molar-refractivity contribution in [1.29, 1.82) is 0 Å². The van der Waals surface area contributed by atoms with E-state index in [1.54, 1.807) is 19.0 Å². The number of hydrogen-bond donors (Lipinski definition) is 6. The minimum Gasteiger partial charge on any atom is -0.510 e. The number of aliphatic hydroxyl groups excluding tert-OH is 2. The van der Waals surface area contributed by atoms with Gasteiger partial charge in [-0.2, -0.15) is 0 Å². The fourth-order valence-electron chi connectivity index (χ4n) is 6.51. The average Bonchev–Trinajstić information content (AvgIpc) is 2.77. The van der Waals surface area contributed by atoms with Crippen LogP contribution in [0.2, 0.25) is 0 Å². The number of hydrogen-bond acceptors (Lipinski definition) is 8. The first-order valence-corrected chi connectivity index (χ1v) is 12.5.